The van der Waals surface area contributed by atoms with E-state index in [0.717, 1.165) is 0 Å². The van der Waals surface area contributed by atoms with Crippen molar-refractivity contribution >= 4 is 40.6 Å². The molecule has 0 aliphatic heterocycles. The molecular formula is C11H6Cl3NO. The van der Waals surface area contributed by atoms with Crippen molar-refractivity contribution in [3.63, 3.8) is 0 Å². The number of H-pyrrole nitrogens is 1. The predicted octanol–water partition coefficient (Wildman–Crippen LogP) is 4.21. The molecule has 0 fully saturated rings. The van der Waals surface area contributed by atoms with Gasteiger partial charge in [-0.2, -0.15) is 0 Å². The summed E-state index contributed by atoms with van der Waals surface area (Å²) in [4.78, 5) is 14.7. The second kappa shape index (κ2) is 4.50. The molecule has 82 valence electrons. The summed E-state index contributed by atoms with van der Waals surface area (Å²) in [5.74, 6) is -0.214. The fourth-order valence-electron chi connectivity index (χ4n) is 1.32. The van der Waals surface area contributed by atoms with Crippen molar-refractivity contribution < 1.29 is 4.79 Å². The quantitative estimate of drug-likeness (QED) is 0.818. The Morgan fingerprint density at radius 3 is 2.38 bits per heavy atom. The van der Waals surface area contributed by atoms with E-state index in [-0.39, 0.29) is 5.78 Å². The Labute approximate surface area is 107 Å². The molecule has 0 unspecified atom stereocenters. The Bertz CT molecular complexity index is 548. The lowest BCUT2D eigenvalue weighted by atomic mass is 10.1. The van der Waals surface area contributed by atoms with E-state index < -0.39 is 0 Å². The molecule has 1 aromatic heterocycles. The van der Waals surface area contributed by atoms with Crippen molar-refractivity contribution in [1.82, 2.24) is 4.98 Å². The highest BCUT2D eigenvalue weighted by atomic mass is 35.5. The Balaban J connectivity index is 2.41. The van der Waals surface area contributed by atoms with Gasteiger partial charge in [0.15, 0.2) is 0 Å². The summed E-state index contributed by atoms with van der Waals surface area (Å²) in [5, 5.41) is 1.22. The van der Waals surface area contributed by atoms with Gasteiger partial charge in [0, 0.05) is 10.6 Å². The lowest BCUT2D eigenvalue weighted by Gasteiger charge is -2.02. The summed E-state index contributed by atoms with van der Waals surface area (Å²) in [5.41, 5.74) is 0.791. The first kappa shape index (κ1) is 11.5. The first-order valence-electron chi connectivity index (χ1n) is 4.42. The highest BCUT2D eigenvalue weighted by Crippen LogP contribution is 2.23. The van der Waals surface area contributed by atoms with E-state index in [0.29, 0.717) is 26.5 Å². The van der Waals surface area contributed by atoms with Crippen molar-refractivity contribution in [2.24, 2.45) is 0 Å². The molecule has 2 aromatic rings. The van der Waals surface area contributed by atoms with Gasteiger partial charge in [-0.3, -0.25) is 4.79 Å². The fraction of sp³-hybridized carbons (Fsp3) is 0. The Morgan fingerprint density at radius 1 is 1.06 bits per heavy atom. The van der Waals surface area contributed by atoms with E-state index in [1.807, 2.05) is 0 Å². The normalized spacial score (nSPS) is 10.4. The first-order chi connectivity index (χ1) is 7.58. The molecule has 1 N–H and O–H groups in total. The monoisotopic (exact) mass is 273 g/mol. The molecule has 0 aliphatic rings. The van der Waals surface area contributed by atoms with Crippen LogP contribution in [0.5, 0.6) is 0 Å². The van der Waals surface area contributed by atoms with Crippen LogP contribution < -0.4 is 0 Å². The number of benzene rings is 1. The van der Waals surface area contributed by atoms with Gasteiger partial charge in [0.1, 0.15) is 5.15 Å². The standard InChI is InChI=1S/C11H6Cl3NO/c12-6-1-2-7(8(13)5-6)11(16)9-3-4-10(14)15-9/h1-5,15H. The molecule has 0 spiro atoms. The number of aromatic amines is 1. The van der Waals surface area contributed by atoms with E-state index in [2.05, 4.69) is 4.98 Å². The second-order valence-electron chi connectivity index (χ2n) is 3.17. The number of rotatable bonds is 2. The van der Waals surface area contributed by atoms with Gasteiger partial charge in [-0.05, 0) is 30.3 Å². The number of nitrogens with one attached hydrogen (secondary N) is 1. The number of carbonyl (C=O) groups excluding carboxylic acids is 1. The van der Waals surface area contributed by atoms with Gasteiger partial charge in [0.25, 0.3) is 0 Å². The molecule has 0 amide bonds. The van der Waals surface area contributed by atoms with Crippen LogP contribution in [-0.2, 0) is 0 Å². The fourth-order valence-corrected chi connectivity index (χ4v) is 1.98. The summed E-state index contributed by atoms with van der Waals surface area (Å²) in [7, 11) is 0. The number of aromatic nitrogens is 1. The van der Waals surface area contributed by atoms with Crippen LogP contribution in [0.25, 0.3) is 0 Å². The molecule has 2 nitrogen and oxygen atoms in total. The molecule has 5 heteroatoms. The minimum absolute atomic E-state index is 0.214. The number of hydrogen-bond donors (Lipinski definition) is 1. The van der Waals surface area contributed by atoms with E-state index in [4.69, 9.17) is 34.8 Å². The molecule has 16 heavy (non-hydrogen) atoms. The van der Waals surface area contributed by atoms with Crippen LogP contribution in [0.4, 0.5) is 0 Å². The van der Waals surface area contributed by atoms with Crippen molar-refractivity contribution in [2.75, 3.05) is 0 Å². The SMILES string of the molecule is O=C(c1ccc(Cl)[nH]1)c1ccc(Cl)cc1Cl. The molecule has 1 aromatic carbocycles. The van der Waals surface area contributed by atoms with E-state index in [9.17, 15) is 4.79 Å². The van der Waals surface area contributed by atoms with Gasteiger partial charge >= 0.3 is 0 Å². The molecule has 0 bridgehead atoms. The largest absolute Gasteiger partial charge is 0.343 e. The number of carbonyl (C=O) groups is 1. The minimum atomic E-state index is -0.214. The van der Waals surface area contributed by atoms with Gasteiger partial charge in [-0.1, -0.05) is 34.8 Å². The summed E-state index contributed by atoms with van der Waals surface area (Å²) in [6, 6.07) is 7.95. The highest BCUT2D eigenvalue weighted by molar-refractivity contribution is 6.37. The molecule has 0 aliphatic carbocycles. The lowest BCUT2D eigenvalue weighted by Crippen LogP contribution is -2.02. The number of ketones is 1. The second-order valence-corrected chi connectivity index (χ2v) is 4.42. The number of halogens is 3. The van der Waals surface area contributed by atoms with Gasteiger partial charge in [0.2, 0.25) is 5.78 Å². The van der Waals surface area contributed by atoms with Crippen LogP contribution in [0.3, 0.4) is 0 Å². The van der Waals surface area contributed by atoms with E-state index in [1.165, 1.54) is 6.07 Å². The van der Waals surface area contributed by atoms with Crippen LogP contribution in [0.2, 0.25) is 15.2 Å². The van der Waals surface area contributed by atoms with Gasteiger partial charge in [-0.15, -0.1) is 0 Å². The third kappa shape index (κ3) is 2.24. The van der Waals surface area contributed by atoms with Crippen LogP contribution >= 0.6 is 34.8 Å². The molecule has 0 saturated carbocycles. The molecule has 0 radical (unpaired) electrons. The maximum atomic E-state index is 12.0. The summed E-state index contributed by atoms with van der Waals surface area (Å²) in [6.07, 6.45) is 0. The zero-order valence-electron chi connectivity index (χ0n) is 7.93. The van der Waals surface area contributed by atoms with Crippen molar-refractivity contribution in [1.29, 1.82) is 0 Å². The van der Waals surface area contributed by atoms with Crippen LogP contribution in [-0.4, -0.2) is 10.8 Å². The summed E-state index contributed by atoms with van der Waals surface area (Å²) >= 11 is 17.4. The average molecular weight is 275 g/mol. The van der Waals surface area contributed by atoms with Gasteiger partial charge < -0.3 is 4.98 Å². The molecular weight excluding hydrogens is 268 g/mol. The Hall–Kier alpha value is -0.960. The summed E-state index contributed by atoms with van der Waals surface area (Å²) < 4.78 is 0. The predicted molar refractivity (Wildman–Crippen MR) is 65.7 cm³/mol. The Kier molecular flexibility index (Phi) is 3.24. The zero-order valence-corrected chi connectivity index (χ0v) is 10.2. The highest BCUT2D eigenvalue weighted by Gasteiger charge is 2.14. The third-order valence-electron chi connectivity index (χ3n) is 2.07. The van der Waals surface area contributed by atoms with Crippen molar-refractivity contribution in [3.05, 3.63) is 56.8 Å². The molecule has 1 heterocycles. The van der Waals surface area contributed by atoms with E-state index in [1.54, 1.807) is 24.3 Å². The average Bonchev–Trinajstić information content (AvgIpc) is 2.64. The zero-order chi connectivity index (χ0) is 11.7. The minimum Gasteiger partial charge on any atom is -0.343 e. The summed E-state index contributed by atoms with van der Waals surface area (Å²) in [6.45, 7) is 0. The topological polar surface area (TPSA) is 32.9 Å². The van der Waals surface area contributed by atoms with Crippen molar-refractivity contribution in [2.45, 2.75) is 0 Å². The molecule has 0 atom stereocenters. The smallest absolute Gasteiger partial charge is 0.210 e. The molecule has 2 rings (SSSR count). The maximum absolute atomic E-state index is 12.0. The molecule has 0 saturated heterocycles. The lowest BCUT2D eigenvalue weighted by molar-refractivity contribution is 0.103. The third-order valence-corrected chi connectivity index (χ3v) is 2.84. The maximum Gasteiger partial charge on any atom is 0.210 e. The Morgan fingerprint density at radius 2 is 1.81 bits per heavy atom. The first-order valence-corrected chi connectivity index (χ1v) is 5.55. The van der Waals surface area contributed by atoms with Crippen LogP contribution in [0.15, 0.2) is 30.3 Å². The van der Waals surface area contributed by atoms with Gasteiger partial charge in [-0.25, -0.2) is 0 Å². The number of hydrogen-bond acceptors (Lipinski definition) is 1. The van der Waals surface area contributed by atoms with Crippen LogP contribution in [0, 0.1) is 0 Å². The van der Waals surface area contributed by atoms with Gasteiger partial charge in [0.05, 0.1) is 10.7 Å². The van der Waals surface area contributed by atoms with Crippen molar-refractivity contribution in [3.8, 4) is 0 Å². The van der Waals surface area contributed by atoms with Crippen LogP contribution in [0.1, 0.15) is 16.1 Å². The van der Waals surface area contributed by atoms with E-state index >= 15 is 0 Å².